The number of nitrogens with one attached hydrogen (secondary N) is 2. The van der Waals surface area contributed by atoms with Gasteiger partial charge in [0.05, 0.1) is 6.54 Å². The normalized spacial score (nSPS) is 14.6. The minimum atomic E-state index is 0. The van der Waals surface area contributed by atoms with E-state index in [2.05, 4.69) is 51.5 Å². The molecule has 0 atom stereocenters. The molecule has 0 saturated carbocycles. The van der Waals surface area contributed by atoms with Gasteiger partial charge in [-0.15, -0.1) is 24.0 Å². The molecule has 7 heteroatoms. The van der Waals surface area contributed by atoms with Crippen LogP contribution in [-0.4, -0.2) is 48.6 Å². The molecule has 0 radical (unpaired) electrons. The van der Waals surface area contributed by atoms with E-state index in [-0.39, 0.29) is 24.0 Å². The summed E-state index contributed by atoms with van der Waals surface area (Å²) < 4.78 is 5.62. The number of rotatable bonds is 9. The van der Waals surface area contributed by atoms with Gasteiger partial charge >= 0.3 is 0 Å². The lowest BCUT2D eigenvalue weighted by atomic mass is 10.1. The van der Waals surface area contributed by atoms with Crippen molar-refractivity contribution in [1.29, 1.82) is 0 Å². The number of benzene rings is 1. The summed E-state index contributed by atoms with van der Waals surface area (Å²) in [4.78, 5) is 11.8. The Hall–Kier alpha value is -1.61. The first-order valence-electron chi connectivity index (χ1n) is 10.5. The standard InChI is InChI=1S/C22H33N5O.HI/c1-3-23-22(24-12-4-5-13-27-14-6-7-15-27)25-16-20-17-28-21(26-20)19-10-8-18(2)9-11-19;/h8-11,17H,3-7,12-16H2,1-2H3,(H2,23,24,25);1H. The molecule has 3 rings (SSSR count). The first-order chi connectivity index (χ1) is 13.7. The van der Waals surface area contributed by atoms with E-state index in [0.717, 1.165) is 36.7 Å². The first-order valence-corrected chi connectivity index (χ1v) is 10.5. The second-order valence-electron chi connectivity index (χ2n) is 7.39. The van der Waals surface area contributed by atoms with Crippen molar-refractivity contribution in [2.45, 2.75) is 46.1 Å². The van der Waals surface area contributed by atoms with Crippen molar-refractivity contribution in [3.05, 3.63) is 41.8 Å². The van der Waals surface area contributed by atoms with Crippen LogP contribution in [0.5, 0.6) is 0 Å². The fraction of sp³-hybridized carbons (Fsp3) is 0.545. The van der Waals surface area contributed by atoms with Gasteiger partial charge in [-0.1, -0.05) is 17.7 Å². The molecule has 1 aliphatic heterocycles. The number of hydrogen-bond donors (Lipinski definition) is 2. The van der Waals surface area contributed by atoms with Crippen molar-refractivity contribution in [2.24, 2.45) is 4.99 Å². The van der Waals surface area contributed by atoms with Crippen molar-refractivity contribution < 1.29 is 4.42 Å². The number of oxazole rings is 1. The minimum absolute atomic E-state index is 0. The van der Waals surface area contributed by atoms with Crippen molar-refractivity contribution in [3.63, 3.8) is 0 Å². The molecule has 160 valence electrons. The average molecular weight is 511 g/mol. The van der Waals surface area contributed by atoms with Crippen LogP contribution >= 0.6 is 24.0 Å². The molecule has 1 aliphatic rings. The number of nitrogens with zero attached hydrogens (tertiary/aromatic N) is 3. The number of aliphatic imine (C=N–C) groups is 1. The zero-order chi connectivity index (χ0) is 19.6. The Labute approximate surface area is 191 Å². The molecule has 1 saturated heterocycles. The third-order valence-electron chi connectivity index (χ3n) is 4.99. The van der Waals surface area contributed by atoms with Gasteiger partial charge in [0.2, 0.25) is 5.89 Å². The van der Waals surface area contributed by atoms with Gasteiger partial charge in [-0.2, -0.15) is 0 Å². The molecular formula is C22H34IN5O. The molecule has 0 amide bonds. The van der Waals surface area contributed by atoms with Gasteiger partial charge in [0.1, 0.15) is 12.0 Å². The Morgan fingerprint density at radius 3 is 2.62 bits per heavy atom. The number of hydrogen-bond acceptors (Lipinski definition) is 4. The number of guanidine groups is 1. The van der Waals surface area contributed by atoms with Crippen LogP contribution in [0.3, 0.4) is 0 Å². The predicted molar refractivity (Wildman–Crippen MR) is 130 cm³/mol. The highest BCUT2D eigenvalue weighted by Gasteiger charge is 2.10. The van der Waals surface area contributed by atoms with Gasteiger partial charge in [-0.05, 0) is 71.3 Å². The third kappa shape index (κ3) is 7.97. The van der Waals surface area contributed by atoms with Crippen LogP contribution < -0.4 is 10.6 Å². The number of aryl methyl sites for hydroxylation is 1. The maximum atomic E-state index is 5.62. The number of unbranched alkanes of at least 4 members (excludes halogenated alkanes) is 1. The first kappa shape index (κ1) is 23.7. The molecule has 2 heterocycles. The van der Waals surface area contributed by atoms with E-state index in [1.807, 2.05) is 12.1 Å². The molecule has 1 aromatic heterocycles. The fourth-order valence-electron chi connectivity index (χ4n) is 3.38. The second-order valence-corrected chi connectivity index (χ2v) is 7.39. The number of likely N-dealkylation sites (tertiary alicyclic amines) is 1. The summed E-state index contributed by atoms with van der Waals surface area (Å²) in [6, 6.07) is 8.19. The Kier molecular flexibility index (Phi) is 10.5. The largest absolute Gasteiger partial charge is 0.444 e. The lowest BCUT2D eigenvalue weighted by Gasteiger charge is -2.15. The van der Waals surface area contributed by atoms with Crippen molar-refractivity contribution in [1.82, 2.24) is 20.5 Å². The van der Waals surface area contributed by atoms with Crippen LogP contribution in [0.15, 0.2) is 39.9 Å². The zero-order valence-corrected chi connectivity index (χ0v) is 19.9. The maximum absolute atomic E-state index is 5.62. The maximum Gasteiger partial charge on any atom is 0.226 e. The summed E-state index contributed by atoms with van der Waals surface area (Å²) >= 11 is 0. The molecule has 1 aromatic carbocycles. The smallest absolute Gasteiger partial charge is 0.226 e. The minimum Gasteiger partial charge on any atom is -0.444 e. The van der Waals surface area contributed by atoms with E-state index >= 15 is 0 Å². The van der Waals surface area contributed by atoms with Crippen molar-refractivity contribution in [2.75, 3.05) is 32.7 Å². The summed E-state index contributed by atoms with van der Waals surface area (Å²) in [5.74, 6) is 1.48. The molecule has 0 bridgehead atoms. The highest BCUT2D eigenvalue weighted by atomic mass is 127. The van der Waals surface area contributed by atoms with E-state index in [4.69, 9.17) is 4.42 Å². The quantitative estimate of drug-likeness (QED) is 0.229. The monoisotopic (exact) mass is 511 g/mol. The van der Waals surface area contributed by atoms with Crippen LogP contribution in [-0.2, 0) is 6.54 Å². The summed E-state index contributed by atoms with van der Waals surface area (Å²) in [5, 5.41) is 6.72. The Bertz CT molecular complexity index is 738. The van der Waals surface area contributed by atoms with Crippen LogP contribution in [0.1, 0.15) is 43.9 Å². The molecular weight excluding hydrogens is 477 g/mol. The van der Waals surface area contributed by atoms with E-state index in [1.54, 1.807) is 6.26 Å². The molecule has 2 aromatic rings. The van der Waals surface area contributed by atoms with Gasteiger partial charge in [0, 0.05) is 18.7 Å². The van der Waals surface area contributed by atoms with Gasteiger partial charge in [0.25, 0.3) is 0 Å². The van der Waals surface area contributed by atoms with Gasteiger partial charge in [-0.25, -0.2) is 9.98 Å². The lowest BCUT2D eigenvalue weighted by Crippen LogP contribution is -2.38. The average Bonchev–Trinajstić information content (AvgIpc) is 3.38. The summed E-state index contributed by atoms with van der Waals surface area (Å²) in [6.07, 6.45) is 6.81. The number of halogens is 1. The molecule has 0 unspecified atom stereocenters. The highest BCUT2D eigenvalue weighted by molar-refractivity contribution is 14.0. The molecule has 6 nitrogen and oxygen atoms in total. The topological polar surface area (TPSA) is 65.7 Å². The summed E-state index contributed by atoms with van der Waals surface area (Å²) in [5.41, 5.74) is 3.05. The Morgan fingerprint density at radius 2 is 1.90 bits per heavy atom. The second kappa shape index (κ2) is 12.8. The third-order valence-corrected chi connectivity index (χ3v) is 4.99. The van der Waals surface area contributed by atoms with Gasteiger partial charge in [0.15, 0.2) is 5.96 Å². The molecule has 1 fully saturated rings. The van der Waals surface area contributed by atoms with Crippen LogP contribution in [0, 0.1) is 6.92 Å². The van der Waals surface area contributed by atoms with E-state index in [1.165, 1.54) is 44.5 Å². The zero-order valence-electron chi connectivity index (χ0n) is 17.6. The van der Waals surface area contributed by atoms with Crippen molar-refractivity contribution >= 4 is 29.9 Å². The van der Waals surface area contributed by atoms with Crippen molar-refractivity contribution in [3.8, 4) is 11.5 Å². The Morgan fingerprint density at radius 1 is 1.14 bits per heavy atom. The number of aromatic nitrogens is 1. The van der Waals surface area contributed by atoms with Gasteiger partial charge in [-0.3, -0.25) is 0 Å². The van der Waals surface area contributed by atoms with E-state index < -0.39 is 0 Å². The Balaban J connectivity index is 0.00000300. The van der Waals surface area contributed by atoms with Crippen LogP contribution in [0.2, 0.25) is 0 Å². The molecule has 2 N–H and O–H groups in total. The molecule has 0 aliphatic carbocycles. The van der Waals surface area contributed by atoms with Gasteiger partial charge < -0.3 is 20.0 Å². The van der Waals surface area contributed by atoms with E-state index in [9.17, 15) is 0 Å². The predicted octanol–water partition coefficient (Wildman–Crippen LogP) is 4.20. The van der Waals surface area contributed by atoms with Crippen LogP contribution in [0.4, 0.5) is 0 Å². The molecule has 29 heavy (non-hydrogen) atoms. The van der Waals surface area contributed by atoms with E-state index in [0.29, 0.717) is 12.4 Å². The lowest BCUT2D eigenvalue weighted by molar-refractivity contribution is 0.330. The van der Waals surface area contributed by atoms with Crippen LogP contribution in [0.25, 0.3) is 11.5 Å². The fourth-order valence-corrected chi connectivity index (χ4v) is 3.38. The summed E-state index contributed by atoms with van der Waals surface area (Å²) in [7, 11) is 0. The highest BCUT2D eigenvalue weighted by Crippen LogP contribution is 2.19. The summed E-state index contributed by atoms with van der Waals surface area (Å²) in [6.45, 7) is 10.2. The SMILES string of the molecule is CCNC(=NCc1coc(-c2ccc(C)cc2)n1)NCCCCN1CCCC1.I. The molecule has 0 spiro atoms.